The van der Waals surface area contributed by atoms with Crippen molar-refractivity contribution in [2.24, 2.45) is 5.41 Å². The fraction of sp³-hybridized carbons (Fsp3) is 0.379. The predicted molar refractivity (Wildman–Crippen MR) is 141 cm³/mol. The summed E-state index contributed by atoms with van der Waals surface area (Å²) in [6.45, 7) is 3.27. The Balaban J connectivity index is 1.09. The molecule has 1 saturated carbocycles. The van der Waals surface area contributed by atoms with Crippen LogP contribution in [-0.2, 0) is 9.59 Å². The molecule has 3 aromatic rings. The molecule has 0 bridgehead atoms. The number of fused-ring (bicyclic) bond motifs is 6. The topological polar surface area (TPSA) is 96.9 Å². The lowest BCUT2D eigenvalue weighted by Gasteiger charge is -2.31. The van der Waals surface area contributed by atoms with E-state index in [0.29, 0.717) is 24.7 Å². The maximum Gasteiger partial charge on any atom is 0.238 e. The highest BCUT2D eigenvalue weighted by molar-refractivity contribution is 6.04. The Hall–Kier alpha value is -4.14. The maximum absolute atomic E-state index is 13.1. The summed E-state index contributed by atoms with van der Waals surface area (Å²) in [5.74, 6) is 2.31. The molecule has 2 saturated heterocycles. The van der Waals surface area contributed by atoms with E-state index in [-0.39, 0.29) is 29.4 Å². The van der Waals surface area contributed by atoms with Crippen LogP contribution in [0.3, 0.4) is 0 Å². The number of carbonyl (C=O) groups is 2. The minimum absolute atomic E-state index is 0.0820. The third kappa shape index (κ3) is 3.17. The van der Waals surface area contributed by atoms with Crippen LogP contribution in [-0.4, -0.2) is 41.0 Å². The molecule has 3 fully saturated rings. The lowest BCUT2D eigenvalue weighted by molar-refractivity contribution is -0.121. The van der Waals surface area contributed by atoms with Crippen LogP contribution in [0, 0.1) is 5.41 Å². The normalized spacial score (nSPS) is 23.8. The average molecular weight is 510 g/mol. The van der Waals surface area contributed by atoms with E-state index >= 15 is 0 Å². The molecular formula is C29H27N5O4. The van der Waals surface area contributed by atoms with Crippen molar-refractivity contribution in [3.63, 3.8) is 0 Å². The van der Waals surface area contributed by atoms with Gasteiger partial charge in [-0.05, 0) is 56.9 Å². The SMILES string of the molecule is CC1Oc2cc(N3CCCC3=O)ccc2-c2cnc(Nc3cnc4c(c3)N3C(=O)C5(CC5)C[C@H]3CO4)cc21. The minimum atomic E-state index is -0.182. The van der Waals surface area contributed by atoms with E-state index in [2.05, 4.69) is 15.3 Å². The van der Waals surface area contributed by atoms with Crippen molar-refractivity contribution in [1.29, 1.82) is 0 Å². The summed E-state index contributed by atoms with van der Waals surface area (Å²) in [5.41, 5.74) is 5.19. The minimum Gasteiger partial charge on any atom is -0.485 e. The van der Waals surface area contributed by atoms with E-state index < -0.39 is 0 Å². The quantitative estimate of drug-likeness (QED) is 0.544. The van der Waals surface area contributed by atoms with Crippen molar-refractivity contribution in [2.75, 3.05) is 28.3 Å². The second-order valence-electron chi connectivity index (χ2n) is 11.0. The molecule has 1 unspecified atom stereocenters. The largest absolute Gasteiger partial charge is 0.485 e. The van der Waals surface area contributed by atoms with Gasteiger partial charge in [0.1, 0.15) is 30.0 Å². The van der Waals surface area contributed by atoms with E-state index in [1.807, 2.05) is 53.3 Å². The summed E-state index contributed by atoms with van der Waals surface area (Å²) in [6, 6.07) is 9.98. The molecule has 192 valence electrons. The molecule has 4 aliphatic heterocycles. The maximum atomic E-state index is 13.1. The van der Waals surface area contributed by atoms with Crippen LogP contribution in [0.25, 0.3) is 11.1 Å². The smallest absolute Gasteiger partial charge is 0.238 e. The number of amides is 2. The first-order valence-corrected chi connectivity index (χ1v) is 13.3. The number of carbonyl (C=O) groups excluding carboxylic acids is 2. The first-order chi connectivity index (χ1) is 18.5. The zero-order valence-corrected chi connectivity index (χ0v) is 21.1. The second kappa shape index (κ2) is 7.69. The van der Waals surface area contributed by atoms with Crippen molar-refractivity contribution < 1.29 is 19.1 Å². The monoisotopic (exact) mass is 509 g/mol. The van der Waals surface area contributed by atoms with E-state index in [1.54, 1.807) is 6.20 Å². The molecule has 38 heavy (non-hydrogen) atoms. The van der Waals surface area contributed by atoms with Gasteiger partial charge in [-0.2, -0.15) is 0 Å². The van der Waals surface area contributed by atoms with Gasteiger partial charge in [0.15, 0.2) is 0 Å². The van der Waals surface area contributed by atoms with Gasteiger partial charge >= 0.3 is 0 Å². The molecule has 6 heterocycles. The van der Waals surface area contributed by atoms with Crippen molar-refractivity contribution in [3.8, 4) is 22.8 Å². The van der Waals surface area contributed by atoms with Gasteiger partial charge < -0.3 is 24.6 Å². The van der Waals surface area contributed by atoms with Crippen LogP contribution in [0.5, 0.6) is 11.6 Å². The predicted octanol–water partition coefficient (Wildman–Crippen LogP) is 4.75. The van der Waals surface area contributed by atoms with E-state index in [9.17, 15) is 9.59 Å². The Labute approximate surface area is 219 Å². The van der Waals surface area contributed by atoms with E-state index in [4.69, 9.17) is 9.47 Å². The fourth-order valence-corrected chi connectivity index (χ4v) is 6.45. The van der Waals surface area contributed by atoms with Crippen molar-refractivity contribution in [1.82, 2.24) is 9.97 Å². The molecule has 1 aromatic carbocycles. The van der Waals surface area contributed by atoms with Gasteiger partial charge in [0.2, 0.25) is 17.7 Å². The Kier molecular flexibility index (Phi) is 4.43. The van der Waals surface area contributed by atoms with Gasteiger partial charge in [-0.15, -0.1) is 0 Å². The van der Waals surface area contributed by atoms with Gasteiger partial charge in [0.05, 0.1) is 23.3 Å². The number of nitrogens with zero attached hydrogens (tertiary/aromatic N) is 4. The van der Waals surface area contributed by atoms with Crippen LogP contribution in [0.15, 0.2) is 42.7 Å². The molecule has 8 rings (SSSR count). The number of nitrogens with one attached hydrogen (secondary N) is 1. The molecule has 2 aromatic heterocycles. The Bertz CT molecular complexity index is 1530. The van der Waals surface area contributed by atoms with Gasteiger partial charge in [0.25, 0.3) is 0 Å². The summed E-state index contributed by atoms with van der Waals surface area (Å²) in [7, 11) is 0. The van der Waals surface area contributed by atoms with Crippen LogP contribution < -0.4 is 24.6 Å². The summed E-state index contributed by atoms with van der Waals surface area (Å²) >= 11 is 0. The zero-order valence-electron chi connectivity index (χ0n) is 21.1. The van der Waals surface area contributed by atoms with Crippen LogP contribution >= 0.6 is 0 Å². The number of benzene rings is 1. The third-order valence-corrected chi connectivity index (χ3v) is 8.61. The Morgan fingerprint density at radius 1 is 1.08 bits per heavy atom. The van der Waals surface area contributed by atoms with Gasteiger partial charge in [-0.1, -0.05) is 0 Å². The van der Waals surface area contributed by atoms with Gasteiger partial charge in [0, 0.05) is 47.6 Å². The lowest BCUT2D eigenvalue weighted by Crippen LogP contribution is -2.41. The summed E-state index contributed by atoms with van der Waals surface area (Å²) in [5, 5.41) is 3.36. The zero-order chi connectivity index (χ0) is 25.6. The average Bonchev–Trinajstić information content (AvgIpc) is 3.48. The van der Waals surface area contributed by atoms with Crippen LogP contribution in [0.2, 0.25) is 0 Å². The highest BCUT2D eigenvalue weighted by Gasteiger charge is 2.61. The highest BCUT2D eigenvalue weighted by Crippen LogP contribution is 2.58. The molecular weight excluding hydrogens is 482 g/mol. The molecule has 9 nitrogen and oxygen atoms in total. The van der Waals surface area contributed by atoms with Crippen LogP contribution in [0.4, 0.5) is 22.9 Å². The van der Waals surface area contributed by atoms with Crippen LogP contribution in [0.1, 0.15) is 50.7 Å². The molecule has 1 aliphatic carbocycles. The third-order valence-electron chi connectivity index (χ3n) is 8.61. The molecule has 1 N–H and O–H groups in total. The number of anilines is 4. The van der Waals surface area contributed by atoms with E-state index in [1.165, 1.54) is 0 Å². The summed E-state index contributed by atoms with van der Waals surface area (Å²) in [4.78, 5) is 38.3. The molecule has 2 atom stereocenters. The molecule has 1 spiro atoms. The number of pyridine rings is 2. The summed E-state index contributed by atoms with van der Waals surface area (Å²) in [6.07, 6.45) is 7.69. The molecule has 0 radical (unpaired) electrons. The number of rotatable bonds is 3. The number of hydrogen-bond donors (Lipinski definition) is 1. The summed E-state index contributed by atoms with van der Waals surface area (Å²) < 4.78 is 12.2. The first-order valence-electron chi connectivity index (χ1n) is 13.3. The number of ether oxygens (including phenoxy) is 2. The highest BCUT2D eigenvalue weighted by atomic mass is 16.5. The Morgan fingerprint density at radius 2 is 1.97 bits per heavy atom. The first kappa shape index (κ1) is 21.9. The number of hydrogen-bond acceptors (Lipinski definition) is 7. The van der Waals surface area contributed by atoms with Crippen molar-refractivity contribution in [2.45, 2.75) is 51.2 Å². The lowest BCUT2D eigenvalue weighted by atomic mass is 9.94. The Morgan fingerprint density at radius 3 is 2.79 bits per heavy atom. The second-order valence-corrected chi connectivity index (χ2v) is 11.0. The van der Waals surface area contributed by atoms with Gasteiger partial charge in [-0.3, -0.25) is 9.59 Å². The van der Waals surface area contributed by atoms with E-state index in [0.717, 1.165) is 71.7 Å². The van der Waals surface area contributed by atoms with Crippen molar-refractivity contribution in [3.05, 3.63) is 48.3 Å². The fourth-order valence-electron chi connectivity index (χ4n) is 6.45. The molecule has 2 amide bonds. The number of aromatic nitrogens is 2. The van der Waals surface area contributed by atoms with Gasteiger partial charge in [-0.25, -0.2) is 9.97 Å². The van der Waals surface area contributed by atoms with Crippen molar-refractivity contribution >= 4 is 34.7 Å². The molecule has 9 heteroatoms. The molecule has 5 aliphatic rings. The standard InChI is InChI=1S/C29H27N5O4/c1-16-21-11-25(30-14-22(21)20-5-4-18(10-24(20)38-16)33-8-2-3-26(33)35)32-17-9-23-27(31-13-17)37-15-19-12-29(6-7-29)28(36)34(19)23/h4-5,9-11,13-14,16,19H,2-3,6-8,12,15H2,1H3,(H,30,32)/t16?,19-/m0/s1.